The van der Waals surface area contributed by atoms with Gasteiger partial charge in [-0.15, -0.1) is 0 Å². The Morgan fingerprint density at radius 1 is 0.894 bits per heavy atom. The van der Waals surface area contributed by atoms with E-state index in [-0.39, 0.29) is 25.3 Å². The molecule has 1 heterocycles. The first-order valence-corrected chi connectivity index (χ1v) is 18.6. The van der Waals surface area contributed by atoms with Crippen LogP contribution < -0.4 is 25.8 Å². The van der Waals surface area contributed by atoms with Crippen LogP contribution in [0.4, 0.5) is 16.2 Å². The summed E-state index contributed by atoms with van der Waals surface area (Å²) in [7, 11) is -6.42. The molecular formula is C32H41N5O8S2. The second-order valence-electron chi connectivity index (χ2n) is 11.2. The average Bonchev–Trinajstić information content (AvgIpc) is 3.04. The highest BCUT2D eigenvalue weighted by Gasteiger charge is 2.32. The number of hydrogen-bond acceptors (Lipinski definition) is 9. The number of nitrogens with zero attached hydrogens (tertiary/aromatic N) is 1. The number of hydrogen-bond donors (Lipinski definition) is 4. The van der Waals surface area contributed by atoms with Crippen LogP contribution in [-0.4, -0.2) is 90.7 Å². The van der Waals surface area contributed by atoms with Crippen LogP contribution >= 0.6 is 0 Å². The number of anilines is 2. The highest BCUT2D eigenvalue weighted by Crippen LogP contribution is 2.18. The van der Waals surface area contributed by atoms with E-state index in [0.29, 0.717) is 42.3 Å². The lowest BCUT2D eigenvalue weighted by Gasteiger charge is -2.29. The van der Waals surface area contributed by atoms with E-state index in [1.807, 2.05) is 6.07 Å². The highest BCUT2D eigenvalue weighted by molar-refractivity contribution is 7.92. The average molecular weight is 688 g/mol. The third-order valence-electron chi connectivity index (χ3n) is 7.43. The zero-order valence-electron chi connectivity index (χ0n) is 26.1. The third kappa shape index (κ3) is 11.8. The predicted molar refractivity (Wildman–Crippen MR) is 180 cm³/mol. The number of nitrogens with two attached hydrogens (primary N) is 1. The zero-order chi connectivity index (χ0) is 33.9. The lowest BCUT2D eigenvalue weighted by atomic mass is 10.1. The number of sulfone groups is 1. The molecule has 3 aromatic rings. The summed E-state index contributed by atoms with van der Waals surface area (Å²) in [5.74, 6) is -1.83. The molecule has 0 spiro atoms. The number of morpholine rings is 1. The van der Waals surface area contributed by atoms with E-state index in [0.717, 1.165) is 5.56 Å². The molecule has 4 rings (SSSR count). The van der Waals surface area contributed by atoms with Gasteiger partial charge < -0.3 is 30.7 Å². The van der Waals surface area contributed by atoms with Crippen LogP contribution in [0.25, 0.3) is 0 Å². The number of sulfonamides is 1. The second-order valence-corrected chi connectivity index (χ2v) is 15.1. The van der Waals surface area contributed by atoms with E-state index in [1.165, 1.54) is 12.0 Å². The molecule has 15 heteroatoms. The molecule has 2 atom stereocenters. The van der Waals surface area contributed by atoms with Crippen LogP contribution in [0.5, 0.6) is 5.75 Å². The van der Waals surface area contributed by atoms with E-state index in [2.05, 4.69) is 15.4 Å². The number of rotatable bonds is 15. The number of ether oxygens (including phenoxy) is 2. The Hall–Kier alpha value is -4.34. The largest absolute Gasteiger partial charge is 0.497 e. The summed E-state index contributed by atoms with van der Waals surface area (Å²) in [6.45, 7) is 1.16. The molecule has 0 aromatic heterocycles. The lowest BCUT2D eigenvalue weighted by Crippen LogP contribution is -2.57. The van der Waals surface area contributed by atoms with E-state index in [4.69, 9.17) is 15.2 Å². The van der Waals surface area contributed by atoms with Crippen molar-refractivity contribution in [1.29, 1.82) is 0 Å². The number of urea groups is 1. The van der Waals surface area contributed by atoms with Gasteiger partial charge in [-0.3, -0.25) is 9.52 Å². The van der Waals surface area contributed by atoms with Crippen molar-refractivity contribution in [2.24, 2.45) is 0 Å². The van der Waals surface area contributed by atoms with Crippen LogP contribution in [0.3, 0.4) is 0 Å². The molecule has 3 amide bonds. The van der Waals surface area contributed by atoms with E-state index in [9.17, 15) is 26.4 Å². The standard InChI is InChI=1S/C32H41N5O8S2/c1-44-29-14-12-27(13-15-29)36-47(42,43)22-28(11-10-24-8-5-9-26(33)20-24)34-31(38)30(35-32(39)37-16-18-45-19-17-37)23-46(40,41)21-25-6-3-2-4-7-25/h2-9,12-15,20,28,30,36H,10-11,16-19,21-23,33H2,1H3,(H,34,38)(H,35,39). The van der Waals surface area contributed by atoms with Crippen molar-refractivity contribution in [2.45, 2.75) is 30.7 Å². The normalized spacial score (nSPS) is 14.9. The molecule has 0 saturated carbocycles. The van der Waals surface area contributed by atoms with Gasteiger partial charge in [-0.1, -0.05) is 42.5 Å². The minimum Gasteiger partial charge on any atom is -0.497 e. The first-order valence-electron chi connectivity index (χ1n) is 15.1. The molecule has 1 fully saturated rings. The summed E-state index contributed by atoms with van der Waals surface area (Å²) in [6.07, 6.45) is 0.546. The number of benzene rings is 3. The number of nitrogens with one attached hydrogen (secondary N) is 3. The molecule has 2 unspecified atom stereocenters. The van der Waals surface area contributed by atoms with Gasteiger partial charge in [0.2, 0.25) is 15.9 Å². The summed E-state index contributed by atoms with van der Waals surface area (Å²) in [4.78, 5) is 28.4. The number of amides is 3. The summed E-state index contributed by atoms with van der Waals surface area (Å²) in [5.41, 5.74) is 8.11. The van der Waals surface area contributed by atoms with Crippen LogP contribution in [0.15, 0.2) is 78.9 Å². The van der Waals surface area contributed by atoms with Gasteiger partial charge in [0.25, 0.3) is 0 Å². The van der Waals surface area contributed by atoms with Gasteiger partial charge in [-0.05, 0) is 60.4 Å². The Labute approximate surface area is 275 Å². The van der Waals surface area contributed by atoms with Crippen LogP contribution in [-0.2, 0) is 41.6 Å². The first kappa shape index (κ1) is 35.5. The topological polar surface area (TPSA) is 186 Å². The number of aryl methyl sites for hydroxylation is 1. The number of nitrogen functional groups attached to an aromatic ring is 1. The molecule has 5 N–H and O–H groups in total. The molecule has 47 heavy (non-hydrogen) atoms. The monoisotopic (exact) mass is 687 g/mol. The van der Waals surface area contributed by atoms with Gasteiger partial charge in [-0.25, -0.2) is 21.6 Å². The van der Waals surface area contributed by atoms with Gasteiger partial charge in [0.15, 0.2) is 9.84 Å². The number of carbonyl (C=O) groups is 2. The van der Waals surface area contributed by atoms with Crippen molar-refractivity contribution < 1.29 is 35.9 Å². The Morgan fingerprint density at radius 2 is 1.57 bits per heavy atom. The molecule has 13 nitrogen and oxygen atoms in total. The zero-order valence-corrected chi connectivity index (χ0v) is 27.8. The molecule has 0 aliphatic carbocycles. The van der Waals surface area contributed by atoms with Crippen LogP contribution in [0.2, 0.25) is 0 Å². The van der Waals surface area contributed by atoms with Crippen molar-refractivity contribution in [3.05, 3.63) is 90.0 Å². The van der Waals surface area contributed by atoms with Gasteiger partial charge in [0.1, 0.15) is 11.8 Å². The third-order valence-corrected chi connectivity index (χ3v) is 10.4. The maximum absolute atomic E-state index is 13.8. The fourth-order valence-electron chi connectivity index (χ4n) is 5.06. The van der Waals surface area contributed by atoms with Gasteiger partial charge in [0, 0.05) is 30.5 Å². The summed E-state index contributed by atoms with van der Waals surface area (Å²) in [5, 5.41) is 5.30. The summed E-state index contributed by atoms with van der Waals surface area (Å²) in [6, 6.07) is 18.8. The molecule has 254 valence electrons. The van der Waals surface area contributed by atoms with Crippen molar-refractivity contribution in [1.82, 2.24) is 15.5 Å². The number of methoxy groups -OCH3 is 1. The second kappa shape index (κ2) is 16.5. The molecule has 1 aliphatic heterocycles. The van der Waals surface area contributed by atoms with E-state index >= 15 is 0 Å². The molecule has 0 bridgehead atoms. The minimum absolute atomic E-state index is 0.180. The molecular weight excluding hydrogens is 647 g/mol. The Morgan fingerprint density at radius 3 is 2.23 bits per heavy atom. The minimum atomic E-state index is -4.01. The van der Waals surface area contributed by atoms with Gasteiger partial charge >= 0.3 is 6.03 Å². The van der Waals surface area contributed by atoms with Crippen molar-refractivity contribution in [3.63, 3.8) is 0 Å². The van der Waals surface area contributed by atoms with Gasteiger partial charge in [0.05, 0.1) is 37.6 Å². The summed E-state index contributed by atoms with van der Waals surface area (Å²) >= 11 is 0. The highest BCUT2D eigenvalue weighted by atomic mass is 32.2. The Bertz CT molecular complexity index is 1700. The lowest BCUT2D eigenvalue weighted by molar-refractivity contribution is -0.123. The predicted octanol–water partition coefficient (Wildman–Crippen LogP) is 2.16. The maximum atomic E-state index is 13.8. The Kier molecular flexibility index (Phi) is 12.4. The Balaban J connectivity index is 1.55. The SMILES string of the molecule is COc1ccc(NS(=O)(=O)CC(CCc2cccc(N)c2)NC(=O)C(CS(=O)(=O)Cc2ccccc2)NC(=O)N2CCOCC2)cc1. The quantitative estimate of drug-likeness (QED) is 0.174. The fraction of sp³-hybridized carbons (Fsp3) is 0.375. The van der Waals surface area contributed by atoms with E-state index < -0.39 is 55.4 Å². The molecule has 0 radical (unpaired) electrons. The smallest absolute Gasteiger partial charge is 0.318 e. The van der Waals surface area contributed by atoms with Crippen molar-refractivity contribution in [3.8, 4) is 5.75 Å². The molecule has 1 aliphatic rings. The summed E-state index contributed by atoms with van der Waals surface area (Å²) < 4.78 is 66.1. The fourth-order valence-corrected chi connectivity index (χ4v) is 7.98. The van der Waals surface area contributed by atoms with Gasteiger partial charge in [-0.2, -0.15) is 0 Å². The van der Waals surface area contributed by atoms with Crippen LogP contribution in [0, 0.1) is 0 Å². The maximum Gasteiger partial charge on any atom is 0.318 e. The van der Waals surface area contributed by atoms with Crippen molar-refractivity contribution in [2.75, 3.05) is 55.4 Å². The first-order chi connectivity index (χ1) is 22.4. The number of carbonyl (C=O) groups excluding carboxylic acids is 2. The van der Waals surface area contributed by atoms with E-state index in [1.54, 1.807) is 72.8 Å². The van der Waals surface area contributed by atoms with Crippen molar-refractivity contribution >= 4 is 43.2 Å². The molecule has 1 saturated heterocycles. The molecule has 3 aromatic carbocycles. The van der Waals surface area contributed by atoms with Crippen LogP contribution in [0.1, 0.15) is 17.5 Å².